The highest BCUT2D eigenvalue weighted by Crippen LogP contribution is 2.18. The minimum absolute atomic E-state index is 0.130. The molecule has 3 aromatic rings. The number of anilines is 1. The quantitative estimate of drug-likeness (QED) is 0.692. The number of hydrogen-bond acceptors (Lipinski definition) is 2. The fourth-order valence-corrected chi connectivity index (χ4v) is 2.30. The number of carbonyl (C=O) groups is 2. The molecule has 0 saturated carbocycles. The predicted molar refractivity (Wildman–Crippen MR) is 84.4 cm³/mol. The lowest BCUT2D eigenvalue weighted by molar-refractivity contribution is 0.0696. The second-order valence-electron chi connectivity index (χ2n) is 5.11. The second kappa shape index (κ2) is 5.37. The van der Waals surface area contributed by atoms with Gasteiger partial charge in [-0.1, -0.05) is 17.7 Å². The van der Waals surface area contributed by atoms with Crippen molar-refractivity contribution in [3.63, 3.8) is 0 Å². The number of carboxylic acids is 1. The predicted octanol–water partition coefficient (Wildman–Crippen LogP) is 3.43. The third-order valence-corrected chi connectivity index (χ3v) is 3.39. The minimum atomic E-state index is -1.03. The van der Waals surface area contributed by atoms with E-state index in [0.29, 0.717) is 11.4 Å². The van der Waals surface area contributed by atoms with E-state index in [-0.39, 0.29) is 11.5 Å². The summed E-state index contributed by atoms with van der Waals surface area (Å²) in [5.74, 6) is -1.34. The monoisotopic (exact) mass is 294 g/mol. The van der Waals surface area contributed by atoms with E-state index in [0.717, 1.165) is 16.5 Å². The molecule has 110 valence electrons. The molecule has 22 heavy (non-hydrogen) atoms. The maximum Gasteiger partial charge on any atom is 0.335 e. The molecule has 3 N–H and O–H groups in total. The molecule has 1 aromatic heterocycles. The van der Waals surface area contributed by atoms with Gasteiger partial charge in [-0.15, -0.1) is 0 Å². The Balaban J connectivity index is 1.86. The van der Waals surface area contributed by atoms with Crippen molar-refractivity contribution >= 4 is 28.5 Å². The highest BCUT2D eigenvalue weighted by atomic mass is 16.4. The minimum Gasteiger partial charge on any atom is -0.478 e. The average Bonchev–Trinajstić information content (AvgIpc) is 2.90. The molecule has 0 radical (unpaired) electrons. The molecule has 0 aliphatic rings. The molecular formula is C17H14N2O3. The third-order valence-electron chi connectivity index (χ3n) is 3.39. The molecule has 0 bridgehead atoms. The van der Waals surface area contributed by atoms with Gasteiger partial charge >= 0.3 is 5.97 Å². The first kappa shape index (κ1) is 13.9. The molecule has 0 atom stereocenters. The van der Waals surface area contributed by atoms with Crippen molar-refractivity contribution in [1.82, 2.24) is 4.98 Å². The molecule has 1 heterocycles. The highest BCUT2D eigenvalue weighted by Gasteiger charge is 2.11. The molecule has 0 saturated heterocycles. The summed E-state index contributed by atoms with van der Waals surface area (Å²) in [6, 6.07) is 13.8. The lowest BCUT2D eigenvalue weighted by Gasteiger charge is -2.04. The van der Waals surface area contributed by atoms with Crippen LogP contribution in [-0.4, -0.2) is 22.0 Å². The highest BCUT2D eigenvalue weighted by molar-refractivity contribution is 6.06. The summed E-state index contributed by atoms with van der Waals surface area (Å²) in [5, 5.41) is 12.6. The molecule has 0 unspecified atom stereocenters. The number of carbonyl (C=O) groups excluding carboxylic acids is 1. The van der Waals surface area contributed by atoms with Crippen molar-refractivity contribution in [1.29, 1.82) is 0 Å². The smallest absolute Gasteiger partial charge is 0.335 e. The molecule has 0 fully saturated rings. The molecule has 0 aliphatic carbocycles. The van der Waals surface area contributed by atoms with E-state index < -0.39 is 5.97 Å². The van der Waals surface area contributed by atoms with Crippen molar-refractivity contribution < 1.29 is 14.7 Å². The molecule has 2 aromatic carbocycles. The standard InChI is InChI=1S/C17H14N2O3/c1-10-5-6-14-12(7-10)9-15(19-14)16(20)18-13-4-2-3-11(8-13)17(21)22/h2-9,19H,1H3,(H,18,20)(H,21,22). The van der Waals surface area contributed by atoms with Crippen LogP contribution in [0, 0.1) is 6.92 Å². The first-order valence-corrected chi connectivity index (χ1v) is 6.77. The van der Waals surface area contributed by atoms with Gasteiger partial charge < -0.3 is 15.4 Å². The summed E-state index contributed by atoms with van der Waals surface area (Å²) in [5.41, 5.74) is 3.01. The van der Waals surface area contributed by atoms with Crippen molar-refractivity contribution in [3.8, 4) is 0 Å². The first-order chi connectivity index (χ1) is 10.5. The van der Waals surface area contributed by atoms with Crippen LogP contribution in [0.2, 0.25) is 0 Å². The Labute approximate surface area is 126 Å². The van der Waals surface area contributed by atoms with E-state index >= 15 is 0 Å². The van der Waals surface area contributed by atoms with Gasteiger partial charge in [0.15, 0.2) is 0 Å². The van der Waals surface area contributed by atoms with E-state index in [1.807, 2.05) is 25.1 Å². The lowest BCUT2D eigenvalue weighted by Crippen LogP contribution is -2.12. The number of aromatic nitrogens is 1. The zero-order chi connectivity index (χ0) is 15.7. The van der Waals surface area contributed by atoms with E-state index in [4.69, 9.17) is 5.11 Å². The van der Waals surface area contributed by atoms with Gasteiger partial charge in [0, 0.05) is 16.6 Å². The van der Waals surface area contributed by atoms with E-state index in [2.05, 4.69) is 10.3 Å². The van der Waals surface area contributed by atoms with Crippen LogP contribution in [0.5, 0.6) is 0 Å². The molecule has 0 spiro atoms. The Kier molecular flexibility index (Phi) is 3.39. The number of benzene rings is 2. The Morgan fingerprint density at radius 2 is 1.91 bits per heavy atom. The van der Waals surface area contributed by atoms with Crippen molar-refractivity contribution in [3.05, 3.63) is 65.4 Å². The summed E-state index contributed by atoms with van der Waals surface area (Å²) >= 11 is 0. The SMILES string of the molecule is Cc1ccc2[nH]c(C(=O)Nc3cccc(C(=O)O)c3)cc2c1. The van der Waals surface area contributed by atoms with Crippen LogP contribution < -0.4 is 5.32 Å². The zero-order valence-corrected chi connectivity index (χ0v) is 11.9. The number of fused-ring (bicyclic) bond motifs is 1. The number of hydrogen-bond donors (Lipinski definition) is 3. The second-order valence-corrected chi connectivity index (χ2v) is 5.11. The van der Waals surface area contributed by atoms with Gasteiger partial charge in [0.25, 0.3) is 5.91 Å². The first-order valence-electron chi connectivity index (χ1n) is 6.77. The van der Waals surface area contributed by atoms with Crippen molar-refractivity contribution in [2.45, 2.75) is 6.92 Å². The molecular weight excluding hydrogens is 280 g/mol. The van der Waals surface area contributed by atoms with Gasteiger partial charge in [0.2, 0.25) is 0 Å². The number of carboxylic acid groups (broad SMARTS) is 1. The summed E-state index contributed by atoms with van der Waals surface area (Å²) in [6.07, 6.45) is 0. The van der Waals surface area contributed by atoms with E-state index in [9.17, 15) is 9.59 Å². The molecule has 5 heteroatoms. The fourth-order valence-electron chi connectivity index (χ4n) is 2.30. The Hall–Kier alpha value is -3.08. The maximum absolute atomic E-state index is 12.3. The Morgan fingerprint density at radius 1 is 1.09 bits per heavy atom. The van der Waals surface area contributed by atoms with Crippen LogP contribution >= 0.6 is 0 Å². The van der Waals surface area contributed by atoms with Crippen LogP contribution in [0.1, 0.15) is 26.4 Å². The number of nitrogens with one attached hydrogen (secondary N) is 2. The topological polar surface area (TPSA) is 82.2 Å². The molecule has 1 amide bonds. The molecule has 3 rings (SSSR count). The van der Waals surface area contributed by atoms with Crippen LogP contribution in [-0.2, 0) is 0 Å². The molecule has 0 aliphatic heterocycles. The zero-order valence-electron chi connectivity index (χ0n) is 11.9. The number of aromatic carboxylic acids is 1. The lowest BCUT2D eigenvalue weighted by atomic mass is 10.2. The normalized spacial score (nSPS) is 10.6. The molecule has 5 nitrogen and oxygen atoms in total. The van der Waals surface area contributed by atoms with E-state index in [1.165, 1.54) is 12.1 Å². The maximum atomic E-state index is 12.3. The van der Waals surface area contributed by atoms with Crippen molar-refractivity contribution in [2.24, 2.45) is 0 Å². The summed E-state index contributed by atoms with van der Waals surface area (Å²) < 4.78 is 0. The fraction of sp³-hybridized carbons (Fsp3) is 0.0588. The van der Waals surface area contributed by atoms with Crippen molar-refractivity contribution in [2.75, 3.05) is 5.32 Å². The van der Waals surface area contributed by atoms with Crippen LogP contribution in [0.4, 0.5) is 5.69 Å². The van der Waals surface area contributed by atoms with Gasteiger partial charge in [0.05, 0.1) is 5.56 Å². The van der Waals surface area contributed by atoms with Gasteiger partial charge in [-0.3, -0.25) is 4.79 Å². The Morgan fingerprint density at radius 3 is 2.68 bits per heavy atom. The average molecular weight is 294 g/mol. The number of H-pyrrole nitrogens is 1. The van der Waals surface area contributed by atoms with Gasteiger partial charge in [-0.2, -0.15) is 0 Å². The number of aryl methyl sites for hydroxylation is 1. The number of rotatable bonds is 3. The number of amides is 1. The van der Waals surface area contributed by atoms with Crippen LogP contribution in [0.15, 0.2) is 48.5 Å². The van der Waals surface area contributed by atoms with Crippen LogP contribution in [0.3, 0.4) is 0 Å². The van der Waals surface area contributed by atoms with E-state index in [1.54, 1.807) is 18.2 Å². The van der Waals surface area contributed by atoms with Gasteiger partial charge in [-0.25, -0.2) is 4.79 Å². The summed E-state index contributed by atoms with van der Waals surface area (Å²) in [6.45, 7) is 1.99. The summed E-state index contributed by atoms with van der Waals surface area (Å²) in [7, 11) is 0. The van der Waals surface area contributed by atoms with Crippen LogP contribution in [0.25, 0.3) is 10.9 Å². The largest absolute Gasteiger partial charge is 0.478 e. The number of aromatic amines is 1. The van der Waals surface area contributed by atoms with Gasteiger partial charge in [-0.05, 0) is 43.3 Å². The van der Waals surface area contributed by atoms with Gasteiger partial charge in [0.1, 0.15) is 5.69 Å². The summed E-state index contributed by atoms with van der Waals surface area (Å²) in [4.78, 5) is 26.3. The Bertz CT molecular complexity index is 880. The third kappa shape index (κ3) is 2.69.